The fraction of sp³-hybridized carbons (Fsp3) is 0.611. The highest BCUT2D eigenvalue weighted by molar-refractivity contribution is 5.93. The van der Waals surface area contributed by atoms with Gasteiger partial charge in [0.2, 0.25) is 0 Å². The number of hydrazine groups is 1. The average molecular weight is 290 g/mol. The predicted molar refractivity (Wildman–Crippen MR) is 89.3 cm³/mol. The molecule has 21 heavy (non-hydrogen) atoms. The minimum absolute atomic E-state index is 0.0457. The van der Waals surface area contributed by atoms with Crippen LogP contribution in [0.2, 0.25) is 0 Å². The van der Waals surface area contributed by atoms with Crippen molar-refractivity contribution in [2.24, 2.45) is 0 Å². The summed E-state index contributed by atoms with van der Waals surface area (Å²) in [6.45, 7) is 6.51. The average Bonchev–Trinajstić information content (AvgIpc) is 2.54. The summed E-state index contributed by atoms with van der Waals surface area (Å²) in [5, 5.41) is 0. The van der Waals surface area contributed by atoms with E-state index < -0.39 is 0 Å². The maximum absolute atomic E-state index is 12.1. The number of hydrogen-bond donors (Lipinski definition) is 2. The van der Waals surface area contributed by atoms with Gasteiger partial charge in [0.1, 0.15) is 0 Å². The number of unbranched alkanes of at least 4 members (excludes halogenated alkanes) is 2. The molecule has 2 N–H and O–H groups in total. The molecule has 0 aromatic heterocycles. The zero-order valence-electron chi connectivity index (χ0n) is 13.7. The first-order valence-electron chi connectivity index (χ1n) is 8.36. The molecule has 0 radical (unpaired) electrons. The van der Waals surface area contributed by atoms with E-state index in [0.29, 0.717) is 11.6 Å². The lowest BCUT2D eigenvalue weighted by Gasteiger charge is -2.19. The number of carbonyl (C=O) groups excluding carboxylic acids is 1. The number of aryl methyl sites for hydroxylation is 1. The molecule has 0 unspecified atom stereocenters. The van der Waals surface area contributed by atoms with Gasteiger partial charge in [-0.2, -0.15) is 0 Å². The Kier molecular flexibility index (Phi) is 8.76. The minimum atomic E-state index is -0.0457. The van der Waals surface area contributed by atoms with Gasteiger partial charge in [-0.3, -0.25) is 10.2 Å². The maximum Gasteiger partial charge on any atom is 0.265 e. The normalized spacial score (nSPS) is 10.9. The molecule has 0 spiro atoms. The highest BCUT2D eigenvalue weighted by Crippen LogP contribution is 2.08. The molecule has 0 atom stereocenters. The van der Waals surface area contributed by atoms with Crippen LogP contribution in [-0.4, -0.2) is 11.9 Å². The van der Waals surface area contributed by atoms with Crippen molar-refractivity contribution in [3.05, 3.63) is 35.4 Å². The van der Waals surface area contributed by atoms with Gasteiger partial charge < -0.3 is 0 Å². The Bertz CT molecular complexity index is 392. The lowest BCUT2D eigenvalue weighted by atomic mass is 10.0. The number of carbonyl (C=O) groups is 1. The molecule has 0 aliphatic heterocycles. The van der Waals surface area contributed by atoms with E-state index in [2.05, 4.69) is 31.6 Å². The molecule has 0 aliphatic rings. The van der Waals surface area contributed by atoms with Crippen LogP contribution in [0.15, 0.2) is 24.3 Å². The zero-order chi connectivity index (χ0) is 15.5. The summed E-state index contributed by atoms with van der Waals surface area (Å²) in [6.07, 6.45) is 8.01. The molecule has 3 nitrogen and oxygen atoms in total. The third-order valence-electron chi connectivity index (χ3n) is 3.83. The molecule has 0 aliphatic carbocycles. The van der Waals surface area contributed by atoms with Crippen molar-refractivity contribution >= 4 is 5.91 Å². The van der Waals surface area contributed by atoms with Crippen molar-refractivity contribution in [2.75, 3.05) is 0 Å². The molecule has 0 fully saturated rings. The van der Waals surface area contributed by atoms with Crippen molar-refractivity contribution in [3.8, 4) is 0 Å². The van der Waals surface area contributed by atoms with Gasteiger partial charge in [-0.05, 0) is 37.0 Å². The van der Waals surface area contributed by atoms with Crippen molar-refractivity contribution in [1.29, 1.82) is 0 Å². The molecule has 1 aromatic rings. The second-order valence-electron chi connectivity index (χ2n) is 5.63. The monoisotopic (exact) mass is 290 g/mol. The van der Waals surface area contributed by atoms with Crippen LogP contribution < -0.4 is 10.9 Å². The number of rotatable bonds is 10. The van der Waals surface area contributed by atoms with Crippen LogP contribution in [0.25, 0.3) is 0 Å². The number of nitrogens with one attached hydrogen (secondary N) is 2. The highest BCUT2D eigenvalue weighted by atomic mass is 16.2. The topological polar surface area (TPSA) is 41.1 Å². The second-order valence-corrected chi connectivity index (χ2v) is 5.63. The number of amides is 1. The van der Waals surface area contributed by atoms with Crippen molar-refractivity contribution in [2.45, 2.75) is 71.8 Å². The first kappa shape index (κ1) is 17.7. The SMILES string of the molecule is CCCCC(CCCC)NNC(=O)c1ccc(CC)cc1. The van der Waals surface area contributed by atoms with Crippen LogP contribution in [0.1, 0.15) is 75.2 Å². The number of benzene rings is 1. The van der Waals surface area contributed by atoms with Crippen LogP contribution in [0, 0.1) is 0 Å². The van der Waals surface area contributed by atoms with E-state index in [-0.39, 0.29) is 5.91 Å². The van der Waals surface area contributed by atoms with Gasteiger partial charge >= 0.3 is 0 Å². The van der Waals surface area contributed by atoms with E-state index in [4.69, 9.17) is 0 Å². The van der Waals surface area contributed by atoms with E-state index in [0.717, 1.165) is 19.3 Å². The largest absolute Gasteiger partial charge is 0.287 e. The molecular formula is C18H30N2O. The van der Waals surface area contributed by atoms with Crippen LogP contribution in [-0.2, 0) is 6.42 Å². The minimum Gasteiger partial charge on any atom is -0.287 e. The van der Waals surface area contributed by atoms with Gasteiger partial charge in [0.15, 0.2) is 0 Å². The Hall–Kier alpha value is -1.35. The smallest absolute Gasteiger partial charge is 0.265 e. The quantitative estimate of drug-likeness (QED) is 0.633. The maximum atomic E-state index is 12.1. The standard InChI is InChI=1S/C18H30N2O/c1-4-7-9-17(10-8-5-2)19-20-18(21)16-13-11-15(6-3)12-14-16/h11-14,17,19H,4-10H2,1-3H3,(H,20,21). The first-order valence-corrected chi connectivity index (χ1v) is 8.36. The van der Waals surface area contributed by atoms with Crippen LogP contribution in [0.3, 0.4) is 0 Å². The van der Waals surface area contributed by atoms with E-state index >= 15 is 0 Å². The van der Waals surface area contributed by atoms with Crippen molar-refractivity contribution in [3.63, 3.8) is 0 Å². The van der Waals surface area contributed by atoms with Gasteiger partial charge in [-0.15, -0.1) is 0 Å². The summed E-state index contributed by atoms with van der Waals surface area (Å²) in [4.78, 5) is 12.1. The molecular weight excluding hydrogens is 260 g/mol. The van der Waals surface area contributed by atoms with Crippen LogP contribution in [0.4, 0.5) is 0 Å². The lowest BCUT2D eigenvalue weighted by Crippen LogP contribution is -2.44. The van der Waals surface area contributed by atoms with E-state index in [1.54, 1.807) is 0 Å². The second kappa shape index (κ2) is 10.4. The van der Waals surface area contributed by atoms with Crippen molar-refractivity contribution in [1.82, 2.24) is 10.9 Å². The number of hydrogen-bond acceptors (Lipinski definition) is 2. The third-order valence-corrected chi connectivity index (χ3v) is 3.83. The van der Waals surface area contributed by atoms with E-state index in [1.807, 2.05) is 24.3 Å². The van der Waals surface area contributed by atoms with Gasteiger partial charge in [0.25, 0.3) is 5.91 Å². The first-order chi connectivity index (χ1) is 10.2. The van der Waals surface area contributed by atoms with Gasteiger partial charge in [0, 0.05) is 11.6 Å². The summed E-state index contributed by atoms with van der Waals surface area (Å²) < 4.78 is 0. The Labute approximate surface area is 129 Å². The predicted octanol–water partition coefficient (Wildman–Crippen LogP) is 4.23. The van der Waals surface area contributed by atoms with Crippen LogP contribution in [0.5, 0.6) is 0 Å². The lowest BCUT2D eigenvalue weighted by molar-refractivity contribution is 0.0922. The molecule has 1 rings (SSSR count). The van der Waals surface area contributed by atoms with Gasteiger partial charge in [0.05, 0.1) is 0 Å². The molecule has 0 saturated heterocycles. The molecule has 118 valence electrons. The molecule has 1 aromatic carbocycles. The van der Waals surface area contributed by atoms with Gasteiger partial charge in [-0.1, -0.05) is 58.6 Å². The summed E-state index contributed by atoms with van der Waals surface area (Å²) in [6, 6.07) is 8.19. The van der Waals surface area contributed by atoms with Crippen molar-refractivity contribution < 1.29 is 4.79 Å². The Balaban J connectivity index is 2.46. The zero-order valence-corrected chi connectivity index (χ0v) is 13.7. The highest BCUT2D eigenvalue weighted by Gasteiger charge is 2.10. The fourth-order valence-electron chi connectivity index (χ4n) is 2.32. The summed E-state index contributed by atoms with van der Waals surface area (Å²) in [7, 11) is 0. The Morgan fingerprint density at radius 2 is 1.57 bits per heavy atom. The molecule has 0 bridgehead atoms. The van der Waals surface area contributed by atoms with Gasteiger partial charge in [-0.25, -0.2) is 5.43 Å². The van der Waals surface area contributed by atoms with Crippen LogP contribution >= 0.6 is 0 Å². The molecule has 0 heterocycles. The molecule has 3 heteroatoms. The fourth-order valence-corrected chi connectivity index (χ4v) is 2.32. The summed E-state index contributed by atoms with van der Waals surface area (Å²) >= 11 is 0. The Morgan fingerprint density at radius 3 is 2.05 bits per heavy atom. The third kappa shape index (κ3) is 6.76. The van der Waals surface area contributed by atoms with E-state index in [9.17, 15) is 4.79 Å². The summed E-state index contributed by atoms with van der Waals surface area (Å²) in [5.74, 6) is -0.0457. The molecule has 1 amide bonds. The molecule has 0 saturated carbocycles. The Morgan fingerprint density at radius 1 is 1.00 bits per heavy atom. The summed E-state index contributed by atoms with van der Waals surface area (Å²) in [5.41, 5.74) is 8.05. The van der Waals surface area contributed by atoms with E-state index in [1.165, 1.54) is 31.2 Å².